The van der Waals surface area contributed by atoms with E-state index in [0.29, 0.717) is 24.9 Å². The molecule has 2 heterocycles. The third-order valence-electron chi connectivity index (χ3n) is 4.60. The number of halogens is 1. The normalized spacial score (nSPS) is 11.3. The summed E-state index contributed by atoms with van der Waals surface area (Å²) in [7, 11) is 1.75. The van der Waals surface area contributed by atoms with Crippen LogP contribution in [-0.2, 0) is 13.0 Å². The number of nitrogens with one attached hydrogen (secondary N) is 3. The molecule has 0 saturated carbocycles. The Morgan fingerprint density at radius 1 is 1.07 bits per heavy atom. The number of imidazole rings is 1. The molecule has 0 unspecified atom stereocenters. The Bertz CT molecular complexity index is 1080. The molecule has 3 N–H and O–H groups in total. The summed E-state index contributed by atoms with van der Waals surface area (Å²) < 4.78 is 5.60. The number of aliphatic imine (C=N–C) groups is 1. The van der Waals surface area contributed by atoms with Gasteiger partial charge in [0.2, 0.25) is 5.89 Å². The lowest BCUT2D eigenvalue weighted by molar-refractivity contribution is 0.572. The Kier molecular flexibility index (Phi) is 7.45. The highest BCUT2D eigenvalue weighted by molar-refractivity contribution is 14.0. The number of fused-ring (bicyclic) bond motifs is 1. The zero-order valence-corrected chi connectivity index (χ0v) is 19.3. The fourth-order valence-corrected chi connectivity index (χ4v) is 3.04. The third kappa shape index (κ3) is 5.38. The summed E-state index contributed by atoms with van der Waals surface area (Å²) in [5.41, 5.74) is 5.04. The van der Waals surface area contributed by atoms with Crippen molar-refractivity contribution in [1.82, 2.24) is 25.6 Å². The van der Waals surface area contributed by atoms with Crippen molar-refractivity contribution in [3.63, 3.8) is 0 Å². The minimum Gasteiger partial charge on any atom is -0.444 e. The van der Waals surface area contributed by atoms with E-state index in [1.54, 1.807) is 13.3 Å². The van der Waals surface area contributed by atoms with Gasteiger partial charge in [-0.3, -0.25) is 4.99 Å². The van der Waals surface area contributed by atoms with Gasteiger partial charge >= 0.3 is 0 Å². The van der Waals surface area contributed by atoms with Crippen LogP contribution in [0.25, 0.3) is 22.5 Å². The Hall–Kier alpha value is -2.88. The van der Waals surface area contributed by atoms with Crippen LogP contribution in [0.4, 0.5) is 0 Å². The Morgan fingerprint density at radius 3 is 2.63 bits per heavy atom. The van der Waals surface area contributed by atoms with E-state index in [-0.39, 0.29) is 24.0 Å². The number of rotatable bonds is 6. The van der Waals surface area contributed by atoms with Gasteiger partial charge in [0.15, 0.2) is 5.96 Å². The highest BCUT2D eigenvalue weighted by Gasteiger charge is 2.08. The molecular formula is C22H25IN6O. The molecule has 0 aliphatic carbocycles. The maximum Gasteiger partial charge on any atom is 0.226 e. The van der Waals surface area contributed by atoms with Gasteiger partial charge in [0.1, 0.15) is 12.1 Å². The van der Waals surface area contributed by atoms with Crippen LogP contribution in [0.1, 0.15) is 17.1 Å². The van der Waals surface area contributed by atoms with Gasteiger partial charge < -0.3 is 20.0 Å². The van der Waals surface area contributed by atoms with Gasteiger partial charge in [-0.05, 0) is 31.2 Å². The zero-order valence-electron chi connectivity index (χ0n) is 17.0. The molecule has 2 aromatic heterocycles. The average Bonchev–Trinajstić information content (AvgIpc) is 3.37. The van der Waals surface area contributed by atoms with Crippen LogP contribution in [0, 0.1) is 6.92 Å². The molecule has 30 heavy (non-hydrogen) atoms. The highest BCUT2D eigenvalue weighted by atomic mass is 127. The summed E-state index contributed by atoms with van der Waals surface area (Å²) in [6, 6.07) is 16.1. The van der Waals surface area contributed by atoms with E-state index in [1.165, 1.54) is 5.56 Å². The smallest absolute Gasteiger partial charge is 0.226 e. The van der Waals surface area contributed by atoms with Crippen molar-refractivity contribution in [2.75, 3.05) is 13.6 Å². The number of aryl methyl sites for hydroxylation is 1. The first-order valence-electron chi connectivity index (χ1n) is 9.61. The molecule has 4 rings (SSSR count). The maximum absolute atomic E-state index is 5.60. The van der Waals surface area contributed by atoms with Gasteiger partial charge in [-0.1, -0.05) is 29.8 Å². The third-order valence-corrected chi connectivity index (χ3v) is 4.60. The highest BCUT2D eigenvalue weighted by Crippen LogP contribution is 2.19. The van der Waals surface area contributed by atoms with Gasteiger partial charge in [0, 0.05) is 25.6 Å². The van der Waals surface area contributed by atoms with Crippen LogP contribution in [0.15, 0.2) is 64.2 Å². The van der Waals surface area contributed by atoms with Crippen molar-refractivity contribution in [2.24, 2.45) is 4.99 Å². The molecule has 0 radical (unpaired) electrons. The van der Waals surface area contributed by atoms with Crippen molar-refractivity contribution >= 4 is 41.0 Å². The lowest BCUT2D eigenvalue weighted by atomic mass is 10.1. The fourth-order valence-electron chi connectivity index (χ4n) is 3.04. The van der Waals surface area contributed by atoms with Gasteiger partial charge in [-0.25, -0.2) is 9.97 Å². The molecule has 4 aromatic rings. The van der Waals surface area contributed by atoms with Gasteiger partial charge in [-0.15, -0.1) is 24.0 Å². The van der Waals surface area contributed by atoms with Crippen molar-refractivity contribution in [1.29, 1.82) is 0 Å². The molecule has 0 fully saturated rings. The number of benzene rings is 2. The van der Waals surface area contributed by atoms with Gasteiger partial charge in [0.25, 0.3) is 0 Å². The largest absolute Gasteiger partial charge is 0.444 e. The van der Waals surface area contributed by atoms with E-state index >= 15 is 0 Å². The number of H-pyrrole nitrogens is 1. The van der Waals surface area contributed by atoms with E-state index in [0.717, 1.165) is 34.5 Å². The summed E-state index contributed by atoms with van der Waals surface area (Å²) in [5.74, 6) is 2.28. The predicted octanol–water partition coefficient (Wildman–Crippen LogP) is 4.05. The first-order chi connectivity index (χ1) is 14.2. The van der Waals surface area contributed by atoms with Crippen LogP contribution in [0.2, 0.25) is 0 Å². The number of aromatic nitrogens is 3. The van der Waals surface area contributed by atoms with Crippen LogP contribution in [0.3, 0.4) is 0 Å². The second-order valence-corrected chi connectivity index (χ2v) is 6.81. The standard InChI is InChI=1S/C22H24N6O.HI/c1-15-7-9-16(10-8-15)21-26-17(14-29-21)13-25-22(23-2)24-12-11-20-27-18-5-3-4-6-19(18)28-20;/h3-10,14H,11-13H2,1-2H3,(H,27,28)(H2,23,24,25);1H. The molecule has 2 aromatic carbocycles. The number of hydrogen-bond donors (Lipinski definition) is 3. The summed E-state index contributed by atoms with van der Waals surface area (Å²) in [6.07, 6.45) is 2.45. The first-order valence-corrected chi connectivity index (χ1v) is 9.61. The number of hydrogen-bond acceptors (Lipinski definition) is 4. The maximum atomic E-state index is 5.60. The van der Waals surface area contributed by atoms with E-state index in [2.05, 4.69) is 37.5 Å². The number of para-hydroxylation sites is 2. The van der Waals surface area contributed by atoms with E-state index in [4.69, 9.17) is 4.42 Å². The fraction of sp³-hybridized carbons (Fsp3) is 0.227. The van der Waals surface area contributed by atoms with Crippen molar-refractivity contribution in [3.8, 4) is 11.5 Å². The van der Waals surface area contributed by atoms with E-state index < -0.39 is 0 Å². The average molecular weight is 516 g/mol. The molecule has 0 amide bonds. The molecule has 0 saturated heterocycles. The lowest BCUT2D eigenvalue weighted by Gasteiger charge is -2.09. The summed E-state index contributed by atoms with van der Waals surface area (Å²) >= 11 is 0. The van der Waals surface area contributed by atoms with Gasteiger partial charge in [-0.2, -0.15) is 0 Å². The molecule has 8 heteroatoms. The minimum atomic E-state index is 0. The molecule has 0 spiro atoms. The zero-order chi connectivity index (χ0) is 20.1. The summed E-state index contributed by atoms with van der Waals surface area (Å²) in [5, 5.41) is 6.56. The van der Waals surface area contributed by atoms with E-state index in [1.807, 2.05) is 48.5 Å². The van der Waals surface area contributed by atoms with Crippen LogP contribution in [0.5, 0.6) is 0 Å². The van der Waals surface area contributed by atoms with Crippen molar-refractivity contribution < 1.29 is 4.42 Å². The van der Waals surface area contributed by atoms with E-state index in [9.17, 15) is 0 Å². The summed E-state index contributed by atoms with van der Waals surface area (Å²) in [6.45, 7) is 3.30. The number of nitrogens with zero attached hydrogens (tertiary/aromatic N) is 3. The molecule has 0 aliphatic rings. The van der Waals surface area contributed by atoms with Crippen LogP contribution < -0.4 is 10.6 Å². The monoisotopic (exact) mass is 516 g/mol. The van der Waals surface area contributed by atoms with Gasteiger partial charge in [0.05, 0.1) is 23.3 Å². The second kappa shape index (κ2) is 10.2. The SMILES string of the molecule is CN=C(NCCc1nc2ccccc2[nH]1)NCc1coc(-c2ccc(C)cc2)n1.I. The number of guanidine groups is 1. The molecule has 0 atom stereocenters. The molecule has 0 bridgehead atoms. The lowest BCUT2D eigenvalue weighted by Crippen LogP contribution is -2.38. The van der Waals surface area contributed by atoms with Crippen molar-refractivity contribution in [3.05, 3.63) is 71.9 Å². The molecular weight excluding hydrogens is 491 g/mol. The quantitative estimate of drug-likeness (QED) is 0.204. The van der Waals surface area contributed by atoms with Crippen molar-refractivity contribution in [2.45, 2.75) is 19.9 Å². The Labute approximate surface area is 192 Å². The molecule has 7 nitrogen and oxygen atoms in total. The predicted molar refractivity (Wildman–Crippen MR) is 130 cm³/mol. The second-order valence-electron chi connectivity index (χ2n) is 6.81. The van der Waals surface area contributed by atoms with Crippen LogP contribution in [-0.4, -0.2) is 34.5 Å². The first kappa shape index (κ1) is 21.8. The summed E-state index contributed by atoms with van der Waals surface area (Å²) in [4.78, 5) is 16.7. The Morgan fingerprint density at radius 2 is 1.87 bits per heavy atom. The number of oxazole rings is 1. The number of aromatic amines is 1. The van der Waals surface area contributed by atoms with Crippen LogP contribution >= 0.6 is 24.0 Å². The molecule has 0 aliphatic heterocycles. The topological polar surface area (TPSA) is 91.1 Å². The Balaban J connectivity index is 0.00000256. The molecule has 156 valence electrons. The minimum absolute atomic E-state index is 0.